The summed E-state index contributed by atoms with van der Waals surface area (Å²) in [7, 11) is -6.97. The normalized spacial score (nSPS) is 20.7. The van der Waals surface area contributed by atoms with Crippen LogP contribution in [0.25, 0.3) is 0 Å². The maximum atomic E-state index is 12.2. The molecule has 1 aromatic heterocycles. The molecule has 0 saturated carbocycles. The van der Waals surface area contributed by atoms with Gasteiger partial charge in [-0.25, -0.2) is 21.6 Å². The summed E-state index contributed by atoms with van der Waals surface area (Å²) in [5.74, 6) is 5.13. The third-order valence-electron chi connectivity index (χ3n) is 2.91. The largest absolute Gasteiger partial charge is 0.320 e. The van der Waals surface area contributed by atoms with Crippen molar-refractivity contribution in [2.45, 2.75) is 17.4 Å². The molecule has 0 aliphatic carbocycles. The summed E-state index contributed by atoms with van der Waals surface area (Å²) in [5, 5.41) is 0. The van der Waals surface area contributed by atoms with E-state index in [-0.39, 0.29) is 29.4 Å². The number of hydrogen-bond donors (Lipinski definition) is 2. The highest BCUT2D eigenvalue weighted by Gasteiger charge is 2.31. The van der Waals surface area contributed by atoms with Crippen LogP contribution in [0.4, 0.5) is 0 Å². The number of aromatic nitrogens is 1. The van der Waals surface area contributed by atoms with Gasteiger partial charge >= 0.3 is 0 Å². The molecule has 0 spiro atoms. The topological polar surface area (TPSA) is 119 Å². The van der Waals surface area contributed by atoms with Gasteiger partial charge < -0.3 is 5.73 Å². The Morgan fingerprint density at radius 1 is 1.43 bits per heavy atom. The molecule has 2 heterocycles. The Kier molecular flexibility index (Phi) is 4.63. The number of rotatable bonds is 3. The Morgan fingerprint density at radius 2 is 2.19 bits per heavy atom. The number of nitrogens with zero attached hydrogens (tertiary/aromatic N) is 1. The average Bonchev–Trinajstić information content (AvgIpc) is 2.75. The molecule has 3 N–H and O–H groups in total. The fraction of sp³-hybridized carbons (Fsp3) is 0.417. The maximum absolute atomic E-state index is 12.2. The van der Waals surface area contributed by atoms with E-state index < -0.39 is 25.9 Å². The Balaban J connectivity index is 2.20. The van der Waals surface area contributed by atoms with Gasteiger partial charge in [-0.3, -0.25) is 4.98 Å². The highest BCUT2D eigenvalue weighted by molar-refractivity contribution is 7.92. The van der Waals surface area contributed by atoms with Crippen LogP contribution in [0, 0.1) is 11.8 Å². The second-order valence-electron chi connectivity index (χ2n) is 4.64. The van der Waals surface area contributed by atoms with Gasteiger partial charge in [-0.05, 0) is 12.5 Å². The smallest absolute Gasteiger partial charge is 0.242 e. The van der Waals surface area contributed by atoms with Gasteiger partial charge in [0.1, 0.15) is 4.90 Å². The van der Waals surface area contributed by atoms with Crippen molar-refractivity contribution in [3.8, 4) is 11.8 Å². The molecule has 1 aliphatic rings. The zero-order valence-corrected chi connectivity index (χ0v) is 12.7. The number of hydrogen-bond acceptors (Lipinski definition) is 6. The van der Waals surface area contributed by atoms with Crippen LogP contribution in [0.1, 0.15) is 12.0 Å². The molecule has 1 unspecified atom stereocenters. The molecule has 1 fully saturated rings. The van der Waals surface area contributed by atoms with E-state index >= 15 is 0 Å². The zero-order valence-electron chi connectivity index (χ0n) is 11.1. The molecule has 0 bridgehead atoms. The molecular formula is C12H15N3O4S2. The van der Waals surface area contributed by atoms with Crippen LogP contribution in [0.3, 0.4) is 0 Å². The molecule has 7 nitrogen and oxygen atoms in total. The molecule has 21 heavy (non-hydrogen) atoms. The molecule has 1 saturated heterocycles. The van der Waals surface area contributed by atoms with Crippen molar-refractivity contribution in [2.75, 3.05) is 18.1 Å². The van der Waals surface area contributed by atoms with Crippen molar-refractivity contribution in [3.63, 3.8) is 0 Å². The second kappa shape index (κ2) is 6.11. The van der Waals surface area contributed by atoms with E-state index in [0.717, 1.165) is 0 Å². The first-order valence-electron chi connectivity index (χ1n) is 6.19. The summed E-state index contributed by atoms with van der Waals surface area (Å²) in [4.78, 5) is 3.78. The number of nitrogens with two attached hydrogens (primary N) is 1. The van der Waals surface area contributed by atoms with Gasteiger partial charge in [0.05, 0.1) is 18.1 Å². The van der Waals surface area contributed by atoms with E-state index in [0.29, 0.717) is 5.56 Å². The first-order chi connectivity index (χ1) is 9.82. The predicted octanol–water partition coefficient (Wildman–Crippen LogP) is -1.14. The molecule has 1 aliphatic heterocycles. The fourth-order valence-corrected chi connectivity index (χ4v) is 5.00. The van der Waals surface area contributed by atoms with E-state index in [2.05, 4.69) is 21.5 Å². The predicted molar refractivity (Wildman–Crippen MR) is 77.5 cm³/mol. The van der Waals surface area contributed by atoms with Crippen LogP contribution in [0.5, 0.6) is 0 Å². The molecule has 114 valence electrons. The van der Waals surface area contributed by atoms with Gasteiger partial charge in [-0.2, -0.15) is 0 Å². The summed E-state index contributed by atoms with van der Waals surface area (Å²) in [5.41, 5.74) is 5.69. The molecule has 2 rings (SSSR count). The van der Waals surface area contributed by atoms with E-state index in [1.165, 1.54) is 18.5 Å². The lowest BCUT2D eigenvalue weighted by Gasteiger charge is -2.11. The molecule has 1 aromatic rings. The van der Waals surface area contributed by atoms with Crippen molar-refractivity contribution < 1.29 is 16.8 Å². The van der Waals surface area contributed by atoms with Gasteiger partial charge in [0.25, 0.3) is 0 Å². The van der Waals surface area contributed by atoms with Crippen LogP contribution >= 0.6 is 0 Å². The third kappa shape index (κ3) is 4.25. The molecule has 1 atom stereocenters. The maximum Gasteiger partial charge on any atom is 0.242 e. The summed E-state index contributed by atoms with van der Waals surface area (Å²) in [6, 6.07) is 0.778. The second-order valence-corrected chi connectivity index (χ2v) is 8.58. The minimum Gasteiger partial charge on any atom is -0.320 e. The van der Waals surface area contributed by atoms with Crippen molar-refractivity contribution >= 4 is 19.9 Å². The van der Waals surface area contributed by atoms with Gasteiger partial charge in [0, 0.05) is 24.0 Å². The zero-order chi connectivity index (χ0) is 15.5. The highest BCUT2D eigenvalue weighted by atomic mass is 32.2. The monoisotopic (exact) mass is 329 g/mol. The third-order valence-corrected chi connectivity index (χ3v) is 6.17. The first kappa shape index (κ1) is 15.9. The summed E-state index contributed by atoms with van der Waals surface area (Å²) in [6.45, 7) is 0.162. The van der Waals surface area contributed by atoms with Crippen LogP contribution in [-0.2, 0) is 19.9 Å². The van der Waals surface area contributed by atoms with Crippen molar-refractivity contribution in [2.24, 2.45) is 5.73 Å². The number of pyridine rings is 1. The summed E-state index contributed by atoms with van der Waals surface area (Å²) < 4.78 is 49.5. The lowest BCUT2D eigenvalue weighted by atomic mass is 10.3. The molecule has 0 aromatic carbocycles. The summed E-state index contributed by atoms with van der Waals surface area (Å²) >= 11 is 0. The lowest BCUT2D eigenvalue weighted by Crippen LogP contribution is -2.35. The van der Waals surface area contributed by atoms with Crippen molar-refractivity contribution in [3.05, 3.63) is 24.0 Å². The van der Waals surface area contributed by atoms with Gasteiger partial charge in [0.15, 0.2) is 9.84 Å². The molecule has 9 heteroatoms. The number of sulfonamides is 1. The Labute approximate surface area is 123 Å². The van der Waals surface area contributed by atoms with Gasteiger partial charge in [-0.1, -0.05) is 11.8 Å². The first-order valence-corrected chi connectivity index (χ1v) is 9.49. The SMILES string of the molecule is NCC#Cc1cncc(S(=O)(=O)NC2CCS(=O)(=O)C2)c1. The number of nitrogens with one attached hydrogen (secondary N) is 1. The van der Waals surface area contributed by atoms with Gasteiger partial charge in [-0.15, -0.1) is 0 Å². The molecular weight excluding hydrogens is 314 g/mol. The van der Waals surface area contributed by atoms with Crippen LogP contribution < -0.4 is 10.5 Å². The average molecular weight is 329 g/mol. The Hall–Kier alpha value is -1.47. The van der Waals surface area contributed by atoms with Crippen LogP contribution in [-0.4, -0.2) is 45.9 Å². The number of sulfone groups is 1. The van der Waals surface area contributed by atoms with E-state index in [9.17, 15) is 16.8 Å². The minimum absolute atomic E-state index is 0.000448. The van der Waals surface area contributed by atoms with Crippen molar-refractivity contribution in [1.82, 2.24) is 9.71 Å². The van der Waals surface area contributed by atoms with Crippen LogP contribution in [0.2, 0.25) is 0 Å². The summed E-state index contributed by atoms with van der Waals surface area (Å²) in [6.07, 6.45) is 2.91. The Bertz CT molecular complexity index is 791. The van der Waals surface area contributed by atoms with E-state index in [4.69, 9.17) is 5.73 Å². The van der Waals surface area contributed by atoms with Crippen LogP contribution in [0.15, 0.2) is 23.4 Å². The highest BCUT2D eigenvalue weighted by Crippen LogP contribution is 2.15. The van der Waals surface area contributed by atoms with E-state index in [1.807, 2.05) is 0 Å². The standard InChI is InChI=1S/C12H15N3O4S2/c13-4-1-2-10-6-12(8-14-7-10)21(18,19)15-11-3-5-20(16,17)9-11/h6-8,11,15H,3-5,9,13H2. The lowest BCUT2D eigenvalue weighted by molar-refractivity contribution is 0.562. The minimum atomic E-state index is -3.82. The molecule has 0 amide bonds. The Morgan fingerprint density at radius 3 is 2.81 bits per heavy atom. The molecule has 0 radical (unpaired) electrons. The van der Waals surface area contributed by atoms with Gasteiger partial charge in [0.2, 0.25) is 10.0 Å². The fourth-order valence-electron chi connectivity index (χ4n) is 1.96. The quantitative estimate of drug-likeness (QED) is 0.676. The van der Waals surface area contributed by atoms with Crippen molar-refractivity contribution in [1.29, 1.82) is 0 Å². The van der Waals surface area contributed by atoms with E-state index in [1.54, 1.807) is 0 Å².